The predicted molar refractivity (Wildman–Crippen MR) is 94.1 cm³/mol. The first-order valence-corrected chi connectivity index (χ1v) is 8.60. The Morgan fingerprint density at radius 3 is 2.68 bits per heavy atom. The fourth-order valence-corrected chi connectivity index (χ4v) is 2.97. The monoisotopic (exact) mass is 341 g/mol. The van der Waals surface area contributed by atoms with E-state index in [9.17, 15) is 9.59 Å². The molecule has 0 radical (unpaired) electrons. The van der Waals surface area contributed by atoms with Gasteiger partial charge >= 0.3 is 0 Å². The minimum absolute atomic E-state index is 0.0582. The molecule has 6 nitrogen and oxygen atoms in total. The fourth-order valence-electron chi connectivity index (χ4n) is 2.97. The third-order valence-corrected chi connectivity index (χ3v) is 4.34. The van der Waals surface area contributed by atoms with Crippen molar-refractivity contribution in [2.24, 2.45) is 0 Å². The quantitative estimate of drug-likeness (QED) is 0.802. The number of carbonyl (C=O) groups is 2. The van der Waals surface area contributed by atoms with E-state index >= 15 is 0 Å². The molecule has 1 aliphatic rings. The molecule has 2 aromatic rings. The Labute approximate surface area is 147 Å². The minimum Gasteiger partial charge on any atom is -0.459 e. The summed E-state index contributed by atoms with van der Waals surface area (Å²) in [5, 5.41) is 5.57. The maximum atomic E-state index is 11.8. The molecule has 0 atom stereocenters. The van der Waals surface area contributed by atoms with Crippen molar-refractivity contribution >= 4 is 11.8 Å². The first kappa shape index (κ1) is 17.2. The van der Waals surface area contributed by atoms with Gasteiger partial charge in [-0.2, -0.15) is 0 Å². The van der Waals surface area contributed by atoms with E-state index in [1.165, 1.54) is 17.4 Å². The Morgan fingerprint density at radius 2 is 1.88 bits per heavy atom. The summed E-state index contributed by atoms with van der Waals surface area (Å²) in [6.07, 6.45) is 2.76. The van der Waals surface area contributed by atoms with E-state index in [1.54, 1.807) is 12.1 Å². The van der Waals surface area contributed by atoms with Gasteiger partial charge in [0.15, 0.2) is 5.76 Å². The minimum atomic E-state index is -0.301. The Morgan fingerprint density at radius 1 is 1.04 bits per heavy atom. The van der Waals surface area contributed by atoms with Gasteiger partial charge < -0.3 is 15.1 Å². The number of amides is 2. The molecule has 2 heterocycles. The van der Waals surface area contributed by atoms with Crippen LogP contribution in [0.1, 0.15) is 28.1 Å². The molecular formula is C19H23N3O3. The van der Waals surface area contributed by atoms with Gasteiger partial charge in [-0.25, -0.2) is 0 Å². The number of rotatable bonds is 7. The number of nitrogens with zero attached hydrogens (tertiary/aromatic N) is 1. The third kappa shape index (κ3) is 4.93. The van der Waals surface area contributed by atoms with Crippen LogP contribution in [0, 0.1) is 0 Å². The van der Waals surface area contributed by atoms with E-state index in [0.29, 0.717) is 13.1 Å². The van der Waals surface area contributed by atoms with Crippen molar-refractivity contribution in [3.8, 4) is 0 Å². The lowest BCUT2D eigenvalue weighted by Crippen LogP contribution is -2.38. The van der Waals surface area contributed by atoms with Gasteiger partial charge in [0.05, 0.1) is 6.26 Å². The van der Waals surface area contributed by atoms with Crippen molar-refractivity contribution in [2.75, 3.05) is 26.2 Å². The van der Waals surface area contributed by atoms with Crippen molar-refractivity contribution < 1.29 is 14.0 Å². The van der Waals surface area contributed by atoms with Gasteiger partial charge in [0, 0.05) is 39.1 Å². The third-order valence-electron chi connectivity index (χ3n) is 4.34. The van der Waals surface area contributed by atoms with Crippen LogP contribution in [0.4, 0.5) is 0 Å². The summed E-state index contributed by atoms with van der Waals surface area (Å²) in [5.41, 5.74) is 2.80. The van der Waals surface area contributed by atoms with Crippen molar-refractivity contribution in [1.29, 1.82) is 0 Å². The Bertz CT molecular complexity index is 712. The van der Waals surface area contributed by atoms with Crippen molar-refractivity contribution in [2.45, 2.75) is 19.4 Å². The van der Waals surface area contributed by atoms with Crippen molar-refractivity contribution in [3.05, 3.63) is 59.5 Å². The molecule has 0 unspecified atom stereocenters. The largest absolute Gasteiger partial charge is 0.459 e. The highest BCUT2D eigenvalue weighted by molar-refractivity contribution is 5.91. The van der Waals surface area contributed by atoms with Crippen LogP contribution in [0.2, 0.25) is 0 Å². The van der Waals surface area contributed by atoms with E-state index in [0.717, 1.165) is 26.1 Å². The van der Waals surface area contributed by atoms with Crippen LogP contribution in [0.15, 0.2) is 47.1 Å². The fraction of sp³-hybridized carbons (Fsp3) is 0.368. The van der Waals surface area contributed by atoms with Crippen LogP contribution in [-0.4, -0.2) is 42.9 Å². The number of nitrogens with one attached hydrogen (secondary N) is 2. The highest BCUT2D eigenvalue weighted by Crippen LogP contribution is 2.17. The molecule has 1 aromatic carbocycles. The molecule has 132 valence electrons. The van der Waals surface area contributed by atoms with E-state index < -0.39 is 0 Å². The van der Waals surface area contributed by atoms with E-state index in [4.69, 9.17) is 4.42 Å². The van der Waals surface area contributed by atoms with Gasteiger partial charge in [-0.1, -0.05) is 24.3 Å². The molecule has 25 heavy (non-hydrogen) atoms. The van der Waals surface area contributed by atoms with Crippen LogP contribution >= 0.6 is 0 Å². The molecule has 1 aliphatic heterocycles. The highest BCUT2D eigenvalue weighted by atomic mass is 16.3. The van der Waals surface area contributed by atoms with Gasteiger partial charge in [-0.05, 0) is 29.7 Å². The molecule has 0 saturated heterocycles. The second kappa shape index (κ2) is 8.48. The second-order valence-electron chi connectivity index (χ2n) is 6.13. The maximum absolute atomic E-state index is 11.8. The van der Waals surface area contributed by atoms with Gasteiger partial charge in [0.1, 0.15) is 0 Å². The molecule has 1 aromatic heterocycles. The summed E-state index contributed by atoms with van der Waals surface area (Å²) in [6, 6.07) is 11.8. The number of benzene rings is 1. The van der Waals surface area contributed by atoms with E-state index in [-0.39, 0.29) is 24.0 Å². The number of hydrogen-bond acceptors (Lipinski definition) is 4. The standard InChI is InChI=1S/C19H23N3O3/c23-18(7-9-21-19(24)17-6-3-13-25-17)20-10-12-22-11-8-15-4-1-2-5-16(15)14-22/h1-6,13H,7-12,14H2,(H,20,23)(H,21,24). The summed E-state index contributed by atoms with van der Waals surface area (Å²) in [7, 11) is 0. The van der Waals surface area contributed by atoms with Gasteiger partial charge in [-0.15, -0.1) is 0 Å². The number of furan rings is 1. The molecule has 0 fully saturated rings. The number of fused-ring (bicyclic) bond motifs is 1. The van der Waals surface area contributed by atoms with Crippen molar-refractivity contribution in [3.63, 3.8) is 0 Å². The smallest absolute Gasteiger partial charge is 0.286 e. The normalized spacial score (nSPS) is 13.9. The molecular weight excluding hydrogens is 318 g/mol. The molecule has 0 bridgehead atoms. The molecule has 0 saturated carbocycles. The molecule has 2 amide bonds. The zero-order valence-electron chi connectivity index (χ0n) is 14.2. The zero-order valence-corrected chi connectivity index (χ0v) is 14.2. The van der Waals surface area contributed by atoms with E-state index in [2.05, 4.69) is 39.8 Å². The first-order valence-electron chi connectivity index (χ1n) is 8.60. The molecule has 0 spiro atoms. The summed E-state index contributed by atoms with van der Waals surface area (Å²) in [4.78, 5) is 25.9. The summed E-state index contributed by atoms with van der Waals surface area (Å²) >= 11 is 0. The summed E-state index contributed by atoms with van der Waals surface area (Å²) < 4.78 is 4.99. The summed E-state index contributed by atoms with van der Waals surface area (Å²) in [6.45, 7) is 3.70. The number of carbonyl (C=O) groups excluding carboxylic acids is 2. The van der Waals surface area contributed by atoms with Crippen LogP contribution in [0.3, 0.4) is 0 Å². The van der Waals surface area contributed by atoms with Crippen LogP contribution in [0.25, 0.3) is 0 Å². The molecule has 0 aliphatic carbocycles. The van der Waals surface area contributed by atoms with Gasteiger partial charge in [0.2, 0.25) is 5.91 Å². The first-order chi connectivity index (χ1) is 12.2. The average molecular weight is 341 g/mol. The highest BCUT2D eigenvalue weighted by Gasteiger charge is 2.15. The van der Waals surface area contributed by atoms with Crippen LogP contribution in [0.5, 0.6) is 0 Å². The predicted octanol–water partition coefficient (Wildman–Crippen LogP) is 1.57. The topological polar surface area (TPSA) is 74.6 Å². The lowest BCUT2D eigenvalue weighted by Gasteiger charge is -2.28. The van der Waals surface area contributed by atoms with Gasteiger partial charge in [0.25, 0.3) is 5.91 Å². The van der Waals surface area contributed by atoms with Crippen molar-refractivity contribution in [1.82, 2.24) is 15.5 Å². The SMILES string of the molecule is O=C(CCNC(=O)c1ccco1)NCCN1CCc2ccccc2C1. The molecule has 6 heteroatoms. The average Bonchev–Trinajstić information content (AvgIpc) is 3.16. The lowest BCUT2D eigenvalue weighted by atomic mass is 10.00. The number of hydrogen-bond donors (Lipinski definition) is 2. The second-order valence-corrected chi connectivity index (χ2v) is 6.13. The Balaban J connectivity index is 1.30. The maximum Gasteiger partial charge on any atom is 0.286 e. The zero-order chi connectivity index (χ0) is 17.5. The summed E-state index contributed by atoms with van der Waals surface area (Å²) in [5.74, 6) is -0.104. The Kier molecular flexibility index (Phi) is 5.85. The van der Waals surface area contributed by atoms with Crippen LogP contribution < -0.4 is 10.6 Å². The van der Waals surface area contributed by atoms with E-state index in [1.807, 2.05) is 0 Å². The van der Waals surface area contributed by atoms with Crippen LogP contribution in [-0.2, 0) is 17.8 Å². The lowest BCUT2D eigenvalue weighted by molar-refractivity contribution is -0.121. The molecule has 3 rings (SSSR count). The van der Waals surface area contributed by atoms with Gasteiger partial charge in [-0.3, -0.25) is 14.5 Å². The molecule has 2 N–H and O–H groups in total. The Hall–Kier alpha value is -2.60.